The largest absolute Gasteiger partial charge is 0.327 e. The van der Waals surface area contributed by atoms with E-state index in [9.17, 15) is 4.57 Å². The second-order valence-electron chi connectivity index (χ2n) is 5.69. The highest BCUT2D eigenvalue weighted by Crippen LogP contribution is 2.45. The summed E-state index contributed by atoms with van der Waals surface area (Å²) in [5.41, 5.74) is 2.80. The van der Waals surface area contributed by atoms with Crippen molar-refractivity contribution in [2.45, 2.75) is 37.2 Å². The Morgan fingerprint density at radius 2 is 1.33 bits per heavy atom. The van der Waals surface area contributed by atoms with Gasteiger partial charge in [0.25, 0.3) is 0 Å². The molecule has 0 atom stereocenters. The Kier molecular flexibility index (Phi) is 4.48. The fraction of sp³-hybridized carbons (Fsp3) is 0.333. The van der Waals surface area contributed by atoms with Gasteiger partial charge in [0.05, 0.1) is 6.10 Å². The van der Waals surface area contributed by atoms with Crippen LogP contribution in [0.5, 0.6) is 0 Å². The standard InChI is InChI=1S/C18H19O2P/c19-21-20-17-11-13-18(14-12-17,15-7-3-1-4-8-15)16-9-5-2-6-10-16/h1-10,17H,11-14H2. The molecule has 0 aromatic heterocycles. The van der Waals surface area contributed by atoms with Gasteiger partial charge in [-0.25, -0.2) is 4.57 Å². The third-order valence-corrected chi connectivity index (χ3v) is 5.02. The normalized spacial score (nSPS) is 18.7. The molecule has 0 unspecified atom stereocenters. The van der Waals surface area contributed by atoms with Crippen molar-refractivity contribution in [3.63, 3.8) is 0 Å². The van der Waals surface area contributed by atoms with Crippen LogP contribution in [0.1, 0.15) is 36.8 Å². The molecule has 21 heavy (non-hydrogen) atoms. The molecule has 0 heterocycles. The van der Waals surface area contributed by atoms with E-state index in [4.69, 9.17) is 4.52 Å². The zero-order valence-electron chi connectivity index (χ0n) is 11.9. The fourth-order valence-corrected chi connectivity index (χ4v) is 3.84. The average Bonchev–Trinajstić information content (AvgIpc) is 2.58. The van der Waals surface area contributed by atoms with Gasteiger partial charge in [-0.15, -0.1) is 0 Å². The molecule has 0 N–H and O–H groups in total. The van der Waals surface area contributed by atoms with Gasteiger partial charge in [0.15, 0.2) is 0 Å². The summed E-state index contributed by atoms with van der Waals surface area (Å²) >= 11 is 0. The van der Waals surface area contributed by atoms with Gasteiger partial charge in [-0.05, 0) is 36.8 Å². The Morgan fingerprint density at radius 1 is 0.857 bits per heavy atom. The van der Waals surface area contributed by atoms with Crippen molar-refractivity contribution in [1.82, 2.24) is 0 Å². The summed E-state index contributed by atoms with van der Waals surface area (Å²) in [5.74, 6) is 0. The molecule has 108 valence electrons. The van der Waals surface area contributed by atoms with Gasteiger partial charge in [0, 0.05) is 5.41 Å². The first-order chi connectivity index (χ1) is 10.3. The molecule has 1 aliphatic rings. The van der Waals surface area contributed by atoms with Gasteiger partial charge in [-0.3, -0.25) is 4.52 Å². The first kappa shape index (κ1) is 14.4. The monoisotopic (exact) mass is 298 g/mol. The summed E-state index contributed by atoms with van der Waals surface area (Å²) in [4.78, 5) is 0. The second-order valence-corrected chi connectivity index (χ2v) is 6.05. The SMILES string of the molecule is O=POC1CCC(c2ccccc2)(c2ccccc2)CC1. The first-order valence-corrected chi connectivity index (χ1v) is 8.18. The Morgan fingerprint density at radius 3 is 1.76 bits per heavy atom. The maximum absolute atomic E-state index is 10.6. The molecule has 1 saturated carbocycles. The van der Waals surface area contributed by atoms with Gasteiger partial charge in [0.1, 0.15) is 0 Å². The number of hydrogen-bond donors (Lipinski definition) is 0. The maximum Gasteiger partial charge on any atom is 0.327 e. The molecule has 3 heteroatoms. The Bertz CT molecular complexity index is 533. The smallest absolute Gasteiger partial charge is 0.291 e. The van der Waals surface area contributed by atoms with Crippen LogP contribution >= 0.6 is 8.69 Å². The van der Waals surface area contributed by atoms with Crippen LogP contribution in [0.25, 0.3) is 0 Å². The van der Waals surface area contributed by atoms with Crippen molar-refractivity contribution in [1.29, 1.82) is 0 Å². The predicted octanol–water partition coefficient (Wildman–Crippen LogP) is 5.14. The van der Waals surface area contributed by atoms with Crippen molar-refractivity contribution in [2.24, 2.45) is 0 Å². The van der Waals surface area contributed by atoms with E-state index in [-0.39, 0.29) is 20.2 Å². The summed E-state index contributed by atoms with van der Waals surface area (Å²) < 4.78 is 15.9. The van der Waals surface area contributed by atoms with Crippen LogP contribution in [0.15, 0.2) is 60.7 Å². The van der Waals surface area contributed by atoms with Gasteiger partial charge >= 0.3 is 8.69 Å². The minimum absolute atomic E-state index is 0.0577. The van der Waals surface area contributed by atoms with Crippen LogP contribution in [0, 0.1) is 0 Å². The molecule has 3 rings (SSSR count). The van der Waals surface area contributed by atoms with Crippen molar-refractivity contribution in [2.75, 3.05) is 0 Å². The lowest BCUT2D eigenvalue weighted by Crippen LogP contribution is -2.34. The van der Waals surface area contributed by atoms with E-state index in [1.807, 2.05) is 0 Å². The second kappa shape index (κ2) is 6.51. The van der Waals surface area contributed by atoms with Crippen LogP contribution in [0.2, 0.25) is 0 Å². The fourth-order valence-electron chi connectivity index (χ4n) is 3.51. The third kappa shape index (κ3) is 2.92. The van der Waals surface area contributed by atoms with Gasteiger partial charge in [0.2, 0.25) is 0 Å². The molecule has 0 aliphatic heterocycles. The van der Waals surface area contributed by atoms with E-state index in [1.54, 1.807) is 0 Å². The molecule has 1 aliphatic carbocycles. The quantitative estimate of drug-likeness (QED) is 0.731. The highest BCUT2D eigenvalue weighted by molar-refractivity contribution is 7.17. The van der Waals surface area contributed by atoms with Crippen LogP contribution < -0.4 is 0 Å². The van der Waals surface area contributed by atoms with E-state index in [2.05, 4.69) is 60.7 Å². The Hall–Kier alpha value is -1.50. The van der Waals surface area contributed by atoms with E-state index < -0.39 is 0 Å². The van der Waals surface area contributed by atoms with E-state index >= 15 is 0 Å². The van der Waals surface area contributed by atoms with Crippen LogP contribution in [0.4, 0.5) is 0 Å². The van der Waals surface area contributed by atoms with Crippen LogP contribution in [-0.4, -0.2) is 6.10 Å². The molecule has 1 fully saturated rings. The topological polar surface area (TPSA) is 26.3 Å². The molecule has 2 aromatic carbocycles. The third-order valence-electron chi connectivity index (χ3n) is 4.63. The molecule has 0 radical (unpaired) electrons. The molecule has 2 nitrogen and oxygen atoms in total. The molecule has 0 amide bonds. The van der Waals surface area contributed by atoms with Crippen LogP contribution in [-0.2, 0) is 14.5 Å². The molecule has 2 aromatic rings. The maximum atomic E-state index is 10.6. The lowest BCUT2D eigenvalue weighted by atomic mass is 9.65. The van der Waals surface area contributed by atoms with Crippen molar-refractivity contribution < 1.29 is 9.09 Å². The lowest BCUT2D eigenvalue weighted by molar-refractivity contribution is 0.142. The minimum atomic E-state index is -0.198. The highest BCUT2D eigenvalue weighted by atomic mass is 31.1. The van der Waals surface area contributed by atoms with Gasteiger partial charge in [-0.2, -0.15) is 0 Å². The van der Waals surface area contributed by atoms with Crippen molar-refractivity contribution in [3.8, 4) is 0 Å². The summed E-state index contributed by atoms with van der Waals surface area (Å²) in [6.45, 7) is 0. The van der Waals surface area contributed by atoms with E-state index in [1.165, 1.54) is 11.1 Å². The molecular weight excluding hydrogens is 279 g/mol. The van der Waals surface area contributed by atoms with Gasteiger partial charge in [-0.1, -0.05) is 60.7 Å². The average molecular weight is 298 g/mol. The minimum Gasteiger partial charge on any atom is -0.291 e. The van der Waals surface area contributed by atoms with E-state index in [0.29, 0.717) is 0 Å². The van der Waals surface area contributed by atoms with E-state index in [0.717, 1.165) is 25.7 Å². The summed E-state index contributed by atoms with van der Waals surface area (Å²) in [7, 11) is -0.198. The number of benzene rings is 2. The Labute approximate surface area is 127 Å². The molecule has 0 bridgehead atoms. The summed E-state index contributed by atoms with van der Waals surface area (Å²) in [5, 5.41) is 0. The zero-order chi connectivity index (χ0) is 14.5. The predicted molar refractivity (Wildman–Crippen MR) is 84.6 cm³/mol. The molecule has 0 spiro atoms. The summed E-state index contributed by atoms with van der Waals surface area (Å²) in [6.07, 6.45) is 4.06. The Balaban J connectivity index is 1.96. The van der Waals surface area contributed by atoms with Crippen molar-refractivity contribution in [3.05, 3.63) is 71.8 Å². The molecule has 0 saturated heterocycles. The summed E-state index contributed by atoms with van der Waals surface area (Å²) in [6, 6.07) is 21.5. The number of hydrogen-bond acceptors (Lipinski definition) is 2. The lowest BCUT2D eigenvalue weighted by Gasteiger charge is -2.40. The van der Waals surface area contributed by atoms with Crippen LogP contribution in [0.3, 0.4) is 0 Å². The molecular formula is C18H19O2P. The number of rotatable bonds is 4. The zero-order valence-corrected chi connectivity index (χ0v) is 12.8. The first-order valence-electron chi connectivity index (χ1n) is 7.45. The van der Waals surface area contributed by atoms with Gasteiger partial charge < -0.3 is 0 Å². The highest BCUT2D eigenvalue weighted by Gasteiger charge is 2.38. The van der Waals surface area contributed by atoms with Crippen molar-refractivity contribution >= 4 is 8.69 Å².